The second kappa shape index (κ2) is 4.40. The summed E-state index contributed by atoms with van der Waals surface area (Å²) in [5, 5.41) is 6.02. The third-order valence-corrected chi connectivity index (χ3v) is 3.52. The largest absolute Gasteiger partial charge is 0.417 e. The third kappa shape index (κ3) is 1.96. The summed E-state index contributed by atoms with van der Waals surface area (Å²) in [7, 11) is 1.89. The van der Waals surface area contributed by atoms with Gasteiger partial charge in [0.05, 0.1) is 11.2 Å². The molecule has 6 heteroatoms. The molecule has 0 unspecified atom stereocenters. The van der Waals surface area contributed by atoms with Gasteiger partial charge in [-0.25, -0.2) is 9.78 Å². The van der Waals surface area contributed by atoms with Crippen LogP contribution < -0.4 is 11.1 Å². The molecule has 3 aromatic rings. The van der Waals surface area contributed by atoms with E-state index in [1.54, 1.807) is 17.4 Å². The molecule has 0 aliphatic rings. The molecule has 0 fully saturated rings. The van der Waals surface area contributed by atoms with Crippen LogP contribution in [0.1, 0.15) is 5.69 Å². The van der Waals surface area contributed by atoms with Crippen LogP contribution >= 0.6 is 11.3 Å². The molecule has 0 amide bonds. The molecule has 0 aliphatic heterocycles. The summed E-state index contributed by atoms with van der Waals surface area (Å²) < 4.78 is 4.96. The maximum atomic E-state index is 11.1. The molecule has 5 nitrogen and oxygen atoms in total. The van der Waals surface area contributed by atoms with Crippen LogP contribution in [0, 0.1) is 0 Å². The molecule has 3 rings (SSSR count). The van der Waals surface area contributed by atoms with Crippen molar-refractivity contribution in [2.45, 2.75) is 6.54 Å². The van der Waals surface area contributed by atoms with Crippen LogP contribution in [0.2, 0.25) is 0 Å². The molecule has 92 valence electrons. The van der Waals surface area contributed by atoms with E-state index in [0.717, 1.165) is 22.8 Å². The van der Waals surface area contributed by atoms with Crippen molar-refractivity contribution in [3.63, 3.8) is 0 Å². The van der Waals surface area contributed by atoms with Crippen molar-refractivity contribution >= 4 is 22.4 Å². The molecule has 0 saturated carbocycles. The van der Waals surface area contributed by atoms with Gasteiger partial charge in [0.25, 0.3) is 0 Å². The van der Waals surface area contributed by atoms with Gasteiger partial charge in [-0.05, 0) is 25.2 Å². The van der Waals surface area contributed by atoms with Gasteiger partial charge >= 0.3 is 5.76 Å². The summed E-state index contributed by atoms with van der Waals surface area (Å²) in [6.45, 7) is 0.751. The fourth-order valence-electron chi connectivity index (χ4n) is 1.79. The lowest BCUT2D eigenvalue weighted by molar-refractivity contribution is 0.555. The number of benzene rings is 1. The standard InChI is InChI=1S/C12H11N3O2S/c1-13-5-8-6-18-11(14-8)7-2-3-10-9(4-7)15-12(16)17-10/h2-4,6,13H,5H2,1H3,(H,15,16). The summed E-state index contributed by atoms with van der Waals surface area (Å²) in [5.41, 5.74) is 3.25. The van der Waals surface area contributed by atoms with Crippen molar-refractivity contribution in [3.8, 4) is 10.6 Å². The molecule has 2 N–H and O–H groups in total. The number of aromatic amines is 1. The molecule has 2 heterocycles. The van der Waals surface area contributed by atoms with E-state index in [1.165, 1.54) is 0 Å². The lowest BCUT2D eigenvalue weighted by atomic mass is 10.2. The van der Waals surface area contributed by atoms with Crippen molar-refractivity contribution in [3.05, 3.63) is 39.8 Å². The molecule has 0 radical (unpaired) electrons. The first-order valence-corrected chi connectivity index (χ1v) is 6.36. The summed E-state index contributed by atoms with van der Waals surface area (Å²) in [4.78, 5) is 18.2. The minimum absolute atomic E-state index is 0.433. The number of nitrogens with zero attached hydrogens (tertiary/aromatic N) is 1. The Morgan fingerprint density at radius 1 is 1.50 bits per heavy atom. The van der Waals surface area contributed by atoms with E-state index in [4.69, 9.17) is 4.42 Å². The average molecular weight is 261 g/mol. The normalized spacial score (nSPS) is 11.2. The number of thiazole rings is 1. The first-order chi connectivity index (χ1) is 8.76. The van der Waals surface area contributed by atoms with Crippen LogP contribution in [-0.4, -0.2) is 17.0 Å². The van der Waals surface area contributed by atoms with E-state index in [9.17, 15) is 4.79 Å². The molecular weight excluding hydrogens is 250 g/mol. The van der Waals surface area contributed by atoms with Gasteiger partial charge in [0.15, 0.2) is 5.58 Å². The van der Waals surface area contributed by atoms with E-state index in [2.05, 4.69) is 15.3 Å². The van der Waals surface area contributed by atoms with Crippen molar-refractivity contribution in [1.29, 1.82) is 0 Å². The van der Waals surface area contributed by atoms with E-state index in [1.807, 2.05) is 24.6 Å². The first-order valence-electron chi connectivity index (χ1n) is 5.48. The van der Waals surface area contributed by atoms with Crippen LogP contribution in [-0.2, 0) is 6.54 Å². The highest BCUT2D eigenvalue weighted by Crippen LogP contribution is 2.26. The third-order valence-electron chi connectivity index (χ3n) is 2.58. The number of H-pyrrole nitrogens is 1. The van der Waals surface area contributed by atoms with Gasteiger partial charge in [-0.2, -0.15) is 0 Å². The zero-order chi connectivity index (χ0) is 12.5. The molecule has 18 heavy (non-hydrogen) atoms. The fraction of sp³-hybridized carbons (Fsp3) is 0.167. The van der Waals surface area contributed by atoms with Gasteiger partial charge < -0.3 is 9.73 Å². The van der Waals surface area contributed by atoms with Gasteiger partial charge in [-0.15, -0.1) is 11.3 Å². The van der Waals surface area contributed by atoms with Gasteiger partial charge in [-0.1, -0.05) is 0 Å². The monoisotopic (exact) mass is 261 g/mol. The van der Waals surface area contributed by atoms with Gasteiger partial charge in [-0.3, -0.25) is 4.98 Å². The Kier molecular flexibility index (Phi) is 2.73. The summed E-state index contributed by atoms with van der Waals surface area (Å²) in [6.07, 6.45) is 0. The number of hydrogen-bond acceptors (Lipinski definition) is 5. The highest BCUT2D eigenvalue weighted by atomic mass is 32.1. The Balaban J connectivity index is 2.04. The molecule has 0 bridgehead atoms. The van der Waals surface area contributed by atoms with E-state index >= 15 is 0 Å². The zero-order valence-corrected chi connectivity index (χ0v) is 10.5. The molecular formula is C12H11N3O2S. The Labute approximate surface area is 106 Å². The zero-order valence-electron chi connectivity index (χ0n) is 9.69. The molecule has 2 aromatic heterocycles. The van der Waals surface area contributed by atoms with E-state index < -0.39 is 5.76 Å². The highest BCUT2D eigenvalue weighted by molar-refractivity contribution is 7.13. The van der Waals surface area contributed by atoms with Crippen LogP contribution in [0.5, 0.6) is 0 Å². The maximum Gasteiger partial charge on any atom is 0.417 e. The number of aromatic nitrogens is 2. The maximum absolute atomic E-state index is 11.1. The highest BCUT2D eigenvalue weighted by Gasteiger charge is 2.07. The SMILES string of the molecule is CNCc1csc(-c2ccc3oc(=O)[nH]c3c2)n1. The summed E-state index contributed by atoms with van der Waals surface area (Å²) in [5.74, 6) is -0.433. The predicted molar refractivity (Wildman–Crippen MR) is 70.7 cm³/mol. The number of nitrogens with one attached hydrogen (secondary N) is 2. The van der Waals surface area contributed by atoms with E-state index in [-0.39, 0.29) is 0 Å². The summed E-state index contributed by atoms with van der Waals surface area (Å²) in [6, 6.07) is 5.56. The van der Waals surface area contributed by atoms with Crippen molar-refractivity contribution in [2.75, 3.05) is 7.05 Å². The number of fused-ring (bicyclic) bond motifs is 1. The van der Waals surface area contributed by atoms with Gasteiger partial charge in [0.1, 0.15) is 5.01 Å². The Bertz CT molecular complexity index is 741. The predicted octanol–water partition coefficient (Wildman–Crippen LogP) is 1.96. The van der Waals surface area contributed by atoms with Crippen LogP contribution in [0.4, 0.5) is 0 Å². The molecule has 0 spiro atoms. The fourth-order valence-corrected chi connectivity index (χ4v) is 2.60. The lowest BCUT2D eigenvalue weighted by Gasteiger charge is -1.96. The minimum atomic E-state index is -0.433. The average Bonchev–Trinajstić information content (AvgIpc) is 2.93. The first kappa shape index (κ1) is 11.2. The minimum Gasteiger partial charge on any atom is -0.408 e. The second-order valence-corrected chi connectivity index (χ2v) is 4.76. The van der Waals surface area contributed by atoms with E-state index in [0.29, 0.717) is 11.1 Å². The lowest BCUT2D eigenvalue weighted by Crippen LogP contribution is -2.04. The van der Waals surface area contributed by atoms with Crippen molar-refractivity contribution in [1.82, 2.24) is 15.3 Å². The van der Waals surface area contributed by atoms with Crippen LogP contribution in [0.15, 0.2) is 32.8 Å². The molecule has 0 aliphatic carbocycles. The second-order valence-electron chi connectivity index (χ2n) is 3.90. The molecule has 0 saturated heterocycles. The summed E-state index contributed by atoms with van der Waals surface area (Å²) >= 11 is 1.58. The van der Waals surface area contributed by atoms with Crippen molar-refractivity contribution < 1.29 is 4.42 Å². The number of oxazole rings is 1. The van der Waals surface area contributed by atoms with Gasteiger partial charge in [0.2, 0.25) is 0 Å². The Morgan fingerprint density at radius 3 is 3.22 bits per heavy atom. The Hall–Kier alpha value is -1.92. The smallest absolute Gasteiger partial charge is 0.408 e. The molecule has 1 aromatic carbocycles. The molecule has 0 atom stereocenters. The van der Waals surface area contributed by atoms with Crippen molar-refractivity contribution in [2.24, 2.45) is 0 Å². The quantitative estimate of drug-likeness (QED) is 0.756. The topological polar surface area (TPSA) is 70.9 Å². The Morgan fingerprint density at radius 2 is 2.39 bits per heavy atom. The number of hydrogen-bond donors (Lipinski definition) is 2. The van der Waals surface area contributed by atoms with Gasteiger partial charge in [0, 0.05) is 17.5 Å². The van der Waals surface area contributed by atoms with Crippen LogP contribution in [0.3, 0.4) is 0 Å². The van der Waals surface area contributed by atoms with Crippen LogP contribution in [0.25, 0.3) is 21.7 Å². The number of rotatable bonds is 3.